The van der Waals surface area contributed by atoms with Crippen molar-refractivity contribution in [3.05, 3.63) is 52.6 Å². The zero-order chi connectivity index (χ0) is 15.0. The maximum absolute atomic E-state index is 12.3. The second-order valence-corrected chi connectivity index (χ2v) is 4.84. The van der Waals surface area contributed by atoms with Crippen molar-refractivity contribution >= 4 is 35.6 Å². The van der Waals surface area contributed by atoms with Crippen LogP contribution in [0.1, 0.15) is 5.56 Å². The second-order valence-electron chi connectivity index (χ2n) is 4.84. The van der Waals surface area contributed by atoms with Gasteiger partial charge in [-0.1, -0.05) is 17.6 Å². The molecule has 0 unspecified atom stereocenters. The zero-order valence-corrected chi connectivity index (χ0v) is 11.8. The van der Waals surface area contributed by atoms with Gasteiger partial charge in [0.1, 0.15) is 13.7 Å². The third-order valence-corrected chi connectivity index (χ3v) is 3.49. The molecule has 0 atom stereocenters. The van der Waals surface area contributed by atoms with Crippen molar-refractivity contribution in [2.75, 3.05) is 5.32 Å². The highest BCUT2D eigenvalue weighted by molar-refractivity contribution is 6.33. The summed E-state index contributed by atoms with van der Waals surface area (Å²) < 4.78 is 1.29. The average Bonchev–Trinajstić information content (AvgIpc) is 2.48. The van der Waals surface area contributed by atoms with E-state index in [9.17, 15) is 4.79 Å². The van der Waals surface area contributed by atoms with Crippen molar-refractivity contribution in [1.82, 2.24) is 14.8 Å². The SMILES string of the molecule is [B]c1cccc(Nc2nccc3cnn(C)c(=O)c23)c1C. The summed E-state index contributed by atoms with van der Waals surface area (Å²) in [6.45, 7) is 1.92. The first-order valence-corrected chi connectivity index (χ1v) is 6.51. The number of rotatable bonds is 2. The van der Waals surface area contributed by atoms with E-state index in [0.29, 0.717) is 16.7 Å². The number of aryl methyl sites for hydroxylation is 1. The summed E-state index contributed by atoms with van der Waals surface area (Å²) in [7, 11) is 7.52. The first kappa shape index (κ1) is 13.4. The molecule has 0 aliphatic heterocycles. The minimum Gasteiger partial charge on any atom is -0.339 e. The Morgan fingerprint density at radius 2 is 2.10 bits per heavy atom. The van der Waals surface area contributed by atoms with E-state index in [1.807, 2.05) is 25.1 Å². The van der Waals surface area contributed by atoms with Gasteiger partial charge in [0.2, 0.25) is 0 Å². The number of benzene rings is 1. The van der Waals surface area contributed by atoms with Gasteiger partial charge in [-0.05, 0) is 24.6 Å². The molecule has 0 saturated heterocycles. The molecule has 1 aromatic carbocycles. The summed E-state index contributed by atoms with van der Waals surface area (Å²) in [5.41, 5.74) is 2.25. The summed E-state index contributed by atoms with van der Waals surface area (Å²) in [5.74, 6) is 0.504. The minimum atomic E-state index is -0.190. The third-order valence-electron chi connectivity index (χ3n) is 3.49. The van der Waals surface area contributed by atoms with Crippen LogP contribution in [0.2, 0.25) is 0 Å². The van der Waals surface area contributed by atoms with Crippen LogP contribution in [0, 0.1) is 6.92 Å². The largest absolute Gasteiger partial charge is 0.339 e. The molecule has 21 heavy (non-hydrogen) atoms. The van der Waals surface area contributed by atoms with Crippen LogP contribution in [-0.2, 0) is 7.05 Å². The molecule has 6 heteroatoms. The van der Waals surface area contributed by atoms with Crippen molar-refractivity contribution in [3.63, 3.8) is 0 Å². The lowest BCUT2D eigenvalue weighted by atomic mass is 9.90. The van der Waals surface area contributed by atoms with Gasteiger partial charge < -0.3 is 5.32 Å². The van der Waals surface area contributed by atoms with E-state index in [1.165, 1.54) is 4.68 Å². The highest BCUT2D eigenvalue weighted by Crippen LogP contribution is 2.22. The number of pyridine rings is 1. The summed E-state index contributed by atoms with van der Waals surface area (Å²) in [6, 6.07) is 7.36. The molecular weight excluding hydrogens is 263 g/mol. The summed E-state index contributed by atoms with van der Waals surface area (Å²) in [5, 5.41) is 8.47. The summed E-state index contributed by atoms with van der Waals surface area (Å²) in [4.78, 5) is 16.6. The van der Waals surface area contributed by atoms with Crippen LogP contribution in [0.3, 0.4) is 0 Å². The average molecular weight is 276 g/mol. The van der Waals surface area contributed by atoms with Gasteiger partial charge >= 0.3 is 0 Å². The van der Waals surface area contributed by atoms with Gasteiger partial charge in [-0.15, -0.1) is 0 Å². The molecule has 0 aliphatic carbocycles. The van der Waals surface area contributed by atoms with Gasteiger partial charge in [-0.2, -0.15) is 5.10 Å². The fraction of sp³-hybridized carbons (Fsp3) is 0.133. The summed E-state index contributed by atoms with van der Waals surface area (Å²) >= 11 is 0. The Morgan fingerprint density at radius 3 is 2.90 bits per heavy atom. The Balaban J connectivity index is 2.19. The first-order valence-electron chi connectivity index (χ1n) is 6.51. The van der Waals surface area contributed by atoms with Crippen LogP contribution >= 0.6 is 0 Å². The molecule has 102 valence electrons. The molecule has 5 nitrogen and oxygen atoms in total. The molecule has 2 aromatic heterocycles. The van der Waals surface area contributed by atoms with E-state index in [1.54, 1.807) is 25.5 Å². The Morgan fingerprint density at radius 1 is 1.29 bits per heavy atom. The number of nitrogens with one attached hydrogen (secondary N) is 1. The fourth-order valence-corrected chi connectivity index (χ4v) is 2.18. The quantitative estimate of drug-likeness (QED) is 0.714. The number of anilines is 2. The number of nitrogens with zero attached hydrogens (tertiary/aromatic N) is 3. The number of aromatic nitrogens is 3. The normalized spacial score (nSPS) is 10.8. The molecule has 2 heterocycles. The van der Waals surface area contributed by atoms with Crippen molar-refractivity contribution < 1.29 is 0 Å². The molecule has 0 saturated carbocycles. The smallest absolute Gasteiger partial charge is 0.278 e. The second kappa shape index (κ2) is 5.05. The van der Waals surface area contributed by atoms with Crippen LogP contribution in [0.5, 0.6) is 0 Å². The number of fused-ring (bicyclic) bond motifs is 1. The lowest BCUT2D eigenvalue weighted by Crippen LogP contribution is -2.20. The van der Waals surface area contributed by atoms with Crippen LogP contribution < -0.4 is 16.3 Å². The summed E-state index contributed by atoms with van der Waals surface area (Å²) in [6.07, 6.45) is 3.29. The molecule has 2 radical (unpaired) electrons. The highest BCUT2D eigenvalue weighted by Gasteiger charge is 2.10. The number of hydrogen-bond donors (Lipinski definition) is 1. The third kappa shape index (κ3) is 2.29. The maximum atomic E-state index is 12.3. The van der Waals surface area contributed by atoms with Gasteiger partial charge in [-0.25, -0.2) is 9.67 Å². The Bertz CT molecular complexity index is 888. The zero-order valence-electron chi connectivity index (χ0n) is 11.8. The highest BCUT2D eigenvalue weighted by atomic mass is 16.1. The van der Waals surface area contributed by atoms with Crippen LogP contribution in [0.25, 0.3) is 10.8 Å². The Kier molecular flexibility index (Phi) is 3.21. The van der Waals surface area contributed by atoms with E-state index in [0.717, 1.165) is 16.6 Å². The van der Waals surface area contributed by atoms with Gasteiger partial charge in [0, 0.05) is 24.3 Å². The van der Waals surface area contributed by atoms with Crippen molar-refractivity contribution in [2.45, 2.75) is 6.92 Å². The molecule has 0 amide bonds. The van der Waals surface area contributed by atoms with Gasteiger partial charge in [0.15, 0.2) is 0 Å². The predicted octanol–water partition coefficient (Wildman–Crippen LogP) is 1.17. The van der Waals surface area contributed by atoms with Crippen LogP contribution in [0.4, 0.5) is 11.5 Å². The van der Waals surface area contributed by atoms with E-state index in [2.05, 4.69) is 15.4 Å². The van der Waals surface area contributed by atoms with Crippen LogP contribution in [-0.4, -0.2) is 22.6 Å². The Hall–Kier alpha value is -2.63. The monoisotopic (exact) mass is 276 g/mol. The van der Waals surface area contributed by atoms with Gasteiger partial charge in [0.05, 0.1) is 11.6 Å². The van der Waals surface area contributed by atoms with E-state index >= 15 is 0 Å². The predicted molar refractivity (Wildman–Crippen MR) is 84.6 cm³/mol. The molecule has 3 rings (SSSR count). The minimum absolute atomic E-state index is 0.190. The number of hydrogen-bond acceptors (Lipinski definition) is 4. The van der Waals surface area contributed by atoms with E-state index in [4.69, 9.17) is 7.85 Å². The first-order chi connectivity index (χ1) is 10.1. The standard InChI is InChI=1S/C15H13BN4O/c1-9-11(16)4-3-5-12(9)19-14-13-10(6-7-17-14)8-18-20(2)15(13)21/h3-8H,1-2H3,(H,17,19). The topological polar surface area (TPSA) is 59.8 Å². The maximum Gasteiger partial charge on any atom is 0.278 e. The fourth-order valence-electron chi connectivity index (χ4n) is 2.18. The molecule has 0 aliphatic rings. The van der Waals surface area contributed by atoms with Crippen molar-refractivity contribution in [3.8, 4) is 0 Å². The van der Waals surface area contributed by atoms with Gasteiger partial charge in [-0.3, -0.25) is 4.79 Å². The van der Waals surface area contributed by atoms with E-state index in [-0.39, 0.29) is 5.56 Å². The molecule has 1 N–H and O–H groups in total. The van der Waals surface area contributed by atoms with Crippen LogP contribution in [0.15, 0.2) is 41.5 Å². The lowest BCUT2D eigenvalue weighted by molar-refractivity contribution is 0.718. The molecule has 0 bridgehead atoms. The lowest BCUT2D eigenvalue weighted by Gasteiger charge is -2.12. The molecule has 3 aromatic rings. The van der Waals surface area contributed by atoms with Crippen molar-refractivity contribution in [1.29, 1.82) is 0 Å². The molecule has 0 spiro atoms. The van der Waals surface area contributed by atoms with Crippen molar-refractivity contribution in [2.24, 2.45) is 7.05 Å². The molecule has 0 fully saturated rings. The van der Waals surface area contributed by atoms with Gasteiger partial charge in [0.25, 0.3) is 5.56 Å². The Labute approximate surface area is 123 Å². The van der Waals surface area contributed by atoms with E-state index < -0.39 is 0 Å². The molecular formula is C15H13BN4O.